The van der Waals surface area contributed by atoms with E-state index in [0.29, 0.717) is 26.2 Å². The molecule has 5 nitrogen and oxygen atoms in total. The number of halogens is 1. The van der Waals surface area contributed by atoms with Crippen LogP contribution in [0.3, 0.4) is 0 Å². The van der Waals surface area contributed by atoms with Gasteiger partial charge in [0.15, 0.2) is 5.78 Å². The molecule has 1 heterocycles. The molecular weight excluding hydrogens is 392 g/mol. The molecule has 0 saturated heterocycles. The van der Waals surface area contributed by atoms with Crippen molar-refractivity contribution < 1.29 is 13.2 Å². The van der Waals surface area contributed by atoms with E-state index in [9.17, 15) is 18.5 Å². The Balaban J connectivity index is 2.17. The number of anilines is 1. The Bertz CT molecular complexity index is 1190. The van der Waals surface area contributed by atoms with Crippen molar-refractivity contribution in [3.63, 3.8) is 0 Å². The number of thiophene rings is 1. The van der Waals surface area contributed by atoms with E-state index in [1.54, 1.807) is 37.3 Å². The molecule has 0 radical (unpaired) electrons. The van der Waals surface area contributed by atoms with Crippen LogP contribution in [0.2, 0.25) is 5.02 Å². The van der Waals surface area contributed by atoms with Gasteiger partial charge in [0.05, 0.1) is 15.3 Å². The molecule has 0 bridgehead atoms. The SMILES string of the molecule is CC(=O)c1sc(NS(=O)(=O)c2cccc3cccc(Cl)c23)c(C#N)c1C. The van der Waals surface area contributed by atoms with Gasteiger partial charge >= 0.3 is 0 Å². The van der Waals surface area contributed by atoms with E-state index in [-0.39, 0.29) is 21.2 Å². The van der Waals surface area contributed by atoms with E-state index < -0.39 is 10.0 Å². The van der Waals surface area contributed by atoms with Crippen LogP contribution in [0, 0.1) is 18.3 Å². The Hall–Kier alpha value is -2.40. The largest absolute Gasteiger partial charge is 0.294 e. The van der Waals surface area contributed by atoms with Crippen molar-refractivity contribution in [2.75, 3.05) is 4.72 Å². The molecular formula is C18H13ClN2O3S2. The molecule has 0 amide bonds. The summed E-state index contributed by atoms with van der Waals surface area (Å²) in [5, 5.41) is 10.9. The van der Waals surface area contributed by atoms with Crippen LogP contribution in [0.15, 0.2) is 41.3 Å². The fraction of sp³-hybridized carbons (Fsp3) is 0.111. The van der Waals surface area contributed by atoms with Crippen LogP contribution < -0.4 is 4.72 Å². The lowest BCUT2D eigenvalue weighted by molar-refractivity contribution is 0.102. The van der Waals surface area contributed by atoms with Crippen LogP contribution in [0.25, 0.3) is 10.8 Å². The maximum atomic E-state index is 13.0. The van der Waals surface area contributed by atoms with Gasteiger partial charge in [-0.2, -0.15) is 5.26 Å². The molecule has 0 aliphatic rings. The topological polar surface area (TPSA) is 87.0 Å². The molecule has 0 spiro atoms. The number of rotatable bonds is 4. The molecule has 1 N–H and O–H groups in total. The molecule has 0 saturated carbocycles. The number of nitrogens with one attached hydrogen (secondary N) is 1. The molecule has 3 aromatic rings. The molecule has 0 unspecified atom stereocenters. The first-order valence-corrected chi connectivity index (χ1v) is 10.2. The first-order valence-electron chi connectivity index (χ1n) is 7.50. The van der Waals surface area contributed by atoms with Gasteiger partial charge in [0.25, 0.3) is 10.0 Å². The van der Waals surface area contributed by atoms with Gasteiger partial charge in [-0.3, -0.25) is 9.52 Å². The number of nitrogens with zero attached hydrogens (tertiary/aromatic N) is 1. The number of carbonyl (C=O) groups excluding carboxylic acids is 1. The average Bonchev–Trinajstić information content (AvgIpc) is 2.89. The average molecular weight is 405 g/mol. The Morgan fingerprint density at radius 3 is 2.50 bits per heavy atom. The summed E-state index contributed by atoms with van der Waals surface area (Å²) in [6.07, 6.45) is 0. The highest BCUT2D eigenvalue weighted by molar-refractivity contribution is 7.93. The summed E-state index contributed by atoms with van der Waals surface area (Å²) in [5.74, 6) is -0.220. The van der Waals surface area contributed by atoms with Crippen LogP contribution >= 0.6 is 22.9 Å². The predicted molar refractivity (Wildman–Crippen MR) is 104 cm³/mol. The van der Waals surface area contributed by atoms with Crippen molar-refractivity contribution >= 4 is 54.5 Å². The maximum Gasteiger partial charge on any atom is 0.263 e. The number of hydrogen-bond acceptors (Lipinski definition) is 5. The standard InChI is InChI=1S/C18H13ClN2O3S2/c1-10-13(9-20)18(25-17(10)11(2)22)21-26(23,24)15-8-4-6-12-5-3-7-14(19)16(12)15/h3-8,21H,1-2H3. The Morgan fingerprint density at radius 1 is 1.23 bits per heavy atom. The van der Waals surface area contributed by atoms with Gasteiger partial charge in [-0.15, -0.1) is 11.3 Å². The smallest absolute Gasteiger partial charge is 0.263 e. The summed E-state index contributed by atoms with van der Waals surface area (Å²) in [7, 11) is -4.01. The number of carbonyl (C=O) groups is 1. The van der Waals surface area contributed by atoms with Gasteiger partial charge in [-0.25, -0.2) is 8.42 Å². The number of sulfonamides is 1. The van der Waals surface area contributed by atoms with E-state index in [4.69, 9.17) is 11.6 Å². The number of hydrogen-bond donors (Lipinski definition) is 1. The molecule has 1 aromatic heterocycles. The van der Waals surface area contributed by atoms with Crippen molar-refractivity contribution in [3.8, 4) is 6.07 Å². The lowest BCUT2D eigenvalue weighted by Crippen LogP contribution is -2.13. The highest BCUT2D eigenvalue weighted by Gasteiger charge is 2.24. The van der Waals surface area contributed by atoms with E-state index >= 15 is 0 Å². The minimum atomic E-state index is -4.01. The molecule has 0 fully saturated rings. The van der Waals surface area contributed by atoms with E-state index in [1.165, 1.54) is 13.0 Å². The van der Waals surface area contributed by atoms with Crippen LogP contribution in [-0.2, 0) is 10.0 Å². The minimum Gasteiger partial charge on any atom is -0.294 e. The van der Waals surface area contributed by atoms with Gasteiger partial charge in [-0.1, -0.05) is 35.9 Å². The number of benzene rings is 2. The molecule has 0 aliphatic heterocycles. The van der Waals surface area contributed by atoms with E-state index in [0.717, 1.165) is 11.3 Å². The first-order chi connectivity index (χ1) is 12.3. The lowest BCUT2D eigenvalue weighted by atomic mass is 10.1. The fourth-order valence-corrected chi connectivity index (χ4v) is 5.67. The highest BCUT2D eigenvalue weighted by Crippen LogP contribution is 2.36. The van der Waals surface area contributed by atoms with Crippen LogP contribution in [0.4, 0.5) is 5.00 Å². The van der Waals surface area contributed by atoms with Crippen molar-refractivity contribution in [3.05, 3.63) is 57.4 Å². The van der Waals surface area contributed by atoms with Gasteiger partial charge in [0, 0.05) is 10.4 Å². The number of fused-ring (bicyclic) bond motifs is 1. The zero-order valence-corrected chi connectivity index (χ0v) is 16.2. The zero-order chi connectivity index (χ0) is 19.1. The normalized spacial score (nSPS) is 11.3. The second-order valence-electron chi connectivity index (χ2n) is 5.63. The maximum absolute atomic E-state index is 13.0. The summed E-state index contributed by atoms with van der Waals surface area (Å²) in [6.45, 7) is 3.00. The third-order valence-electron chi connectivity index (χ3n) is 3.91. The summed E-state index contributed by atoms with van der Waals surface area (Å²) in [4.78, 5) is 12.1. The second kappa shape index (κ2) is 6.72. The van der Waals surface area contributed by atoms with Crippen LogP contribution in [-0.4, -0.2) is 14.2 Å². The van der Waals surface area contributed by atoms with Crippen molar-refractivity contribution in [1.29, 1.82) is 5.26 Å². The van der Waals surface area contributed by atoms with Gasteiger partial charge < -0.3 is 0 Å². The molecule has 3 rings (SSSR count). The summed E-state index contributed by atoms with van der Waals surface area (Å²) in [6, 6.07) is 11.9. The Morgan fingerprint density at radius 2 is 1.88 bits per heavy atom. The van der Waals surface area contributed by atoms with E-state index in [2.05, 4.69) is 4.72 Å². The molecule has 0 atom stereocenters. The molecule has 0 aliphatic carbocycles. The first kappa shape index (κ1) is 18.4. The van der Waals surface area contributed by atoms with Gasteiger partial charge in [-0.05, 0) is 36.9 Å². The van der Waals surface area contributed by atoms with Crippen molar-refractivity contribution in [2.45, 2.75) is 18.7 Å². The minimum absolute atomic E-state index is 0.0138. The van der Waals surface area contributed by atoms with Gasteiger partial charge in [0.1, 0.15) is 11.1 Å². The van der Waals surface area contributed by atoms with Crippen molar-refractivity contribution in [2.24, 2.45) is 0 Å². The fourth-order valence-electron chi connectivity index (χ4n) is 2.72. The molecule has 26 heavy (non-hydrogen) atoms. The predicted octanol–water partition coefficient (Wildman–Crippen LogP) is 4.74. The second-order valence-corrected chi connectivity index (χ2v) is 8.71. The lowest BCUT2D eigenvalue weighted by Gasteiger charge is -2.10. The third-order valence-corrected chi connectivity index (χ3v) is 7.05. The van der Waals surface area contributed by atoms with Crippen LogP contribution in [0.1, 0.15) is 27.7 Å². The monoisotopic (exact) mass is 404 g/mol. The summed E-state index contributed by atoms with van der Waals surface area (Å²) in [5.41, 5.74) is 0.619. The number of ketones is 1. The van der Waals surface area contributed by atoms with Gasteiger partial charge in [0.2, 0.25) is 0 Å². The third kappa shape index (κ3) is 3.07. The number of Topliss-reactive ketones (excluding diaryl/α,β-unsaturated/α-hetero) is 1. The Labute approximate surface area is 159 Å². The number of nitriles is 1. The Kier molecular flexibility index (Phi) is 4.76. The van der Waals surface area contributed by atoms with Crippen molar-refractivity contribution in [1.82, 2.24) is 0 Å². The molecule has 2 aromatic carbocycles. The quantitative estimate of drug-likeness (QED) is 0.636. The summed E-state index contributed by atoms with van der Waals surface area (Å²) < 4.78 is 28.4. The molecule has 132 valence electrons. The zero-order valence-electron chi connectivity index (χ0n) is 13.8. The van der Waals surface area contributed by atoms with E-state index in [1.807, 2.05) is 6.07 Å². The molecule has 8 heteroatoms. The highest BCUT2D eigenvalue weighted by atomic mass is 35.5. The van der Waals surface area contributed by atoms with Crippen LogP contribution in [0.5, 0.6) is 0 Å². The summed E-state index contributed by atoms with van der Waals surface area (Å²) >= 11 is 7.17.